The van der Waals surface area contributed by atoms with Crippen LogP contribution in [0.4, 0.5) is 0 Å². The van der Waals surface area contributed by atoms with Gasteiger partial charge in [0.05, 0.1) is 23.5 Å². The molecule has 4 rings (SSSR count). The monoisotopic (exact) mass is 433 g/mol. The van der Waals surface area contributed by atoms with Crippen LogP contribution in [0.3, 0.4) is 0 Å². The molecule has 30 heavy (non-hydrogen) atoms. The van der Waals surface area contributed by atoms with Crippen molar-refractivity contribution in [3.05, 3.63) is 39.2 Å². The Bertz CT molecular complexity index is 1190. The first kappa shape index (κ1) is 20.9. The van der Waals surface area contributed by atoms with Gasteiger partial charge in [0.1, 0.15) is 16.9 Å². The van der Waals surface area contributed by atoms with Gasteiger partial charge in [0.2, 0.25) is 5.91 Å². The number of hydrogen-bond donors (Lipinski definition) is 0. The number of rotatable bonds is 3. The fourth-order valence-electron chi connectivity index (χ4n) is 4.30. The van der Waals surface area contributed by atoms with E-state index in [0.29, 0.717) is 17.6 Å². The second kappa shape index (κ2) is 7.11. The fraction of sp³-hybridized carbons (Fsp3) is 0.545. The molecular formula is C22H27NO6S. The first-order valence-corrected chi connectivity index (χ1v) is 12.0. The number of benzene rings is 1. The summed E-state index contributed by atoms with van der Waals surface area (Å²) in [5, 5.41) is 0.797. The summed E-state index contributed by atoms with van der Waals surface area (Å²) in [6, 6.07) is 3.41. The highest BCUT2D eigenvalue weighted by Crippen LogP contribution is 2.36. The predicted octanol–water partition coefficient (Wildman–Crippen LogP) is 2.39. The van der Waals surface area contributed by atoms with Crippen molar-refractivity contribution in [2.75, 3.05) is 18.6 Å². The van der Waals surface area contributed by atoms with Crippen LogP contribution < -0.4 is 10.4 Å². The van der Waals surface area contributed by atoms with Gasteiger partial charge in [0.15, 0.2) is 9.84 Å². The zero-order chi connectivity index (χ0) is 21.8. The summed E-state index contributed by atoms with van der Waals surface area (Å²) in [6.45, 7) is 5.88. The van der Waals surface area contributed by atoms with Gasteiger partial charge in [-0.05, 0) is 57.2 Å². The van der Waals surface area contributed by atoms with Crippen LogP contribution in [0, 0.1) is 6.92 Å². The van der Waals surface area contributed by atoms with Gasteiger partial charge in [-0.25, -0.2) is 13.2 Å². The van der Waals surface area contributed by atoms with E-state index in [2.05, 4.69) is 0 Å². The lowest BCUT2D eigenvalue weighted by Gasteiger charge is -2.32. The standard InChI is InChI=1S/C22H27NO6S/c1-13-16-9-14-5-7-22(2,3)29-18(14)11-19(16)28-21(25)17(13)10-20(24)23(4)15-6-8-30(26,27)12-15/h9,11,15H,5-8,10,12H2,1-4H3/t15-/m0/s1. The van der Waals surface area contributed by atoms with Crippen LogP contribution in [0.15, 0.2) is 21.3 Å². The Balaban J connectivity index is 1.65. The minimum absolute atomic E-state index is 0.0248. The molecule has 1 amide bonds. The number of ether oxygens (including phenoxy) is 1. The molecule has 3 heterocycles. The van der Waals surface area contributed by atoms with Crippen molar-refractivity contribution in [2.24, 2.45) is 0 Å². The van der Waals surface area contributed by atoms with Crippen LogP contribution in [-0.4, -0.2) is 49.4 Å². The SMILES string of the molecule is Cc1c(CC(=O)N(C)[C@H]2CCS(=O)(=O)C2)c(=O)oc2cc3c(cc12)CCC(C)(C)O3. The van der Waals surface area contributed by atoms with Gasteiger partial charge in [-0.3, -0.25) is 4.79 Å². The Hall–Kier alpha value is -2.35. The summed E-state index contributed by atoms with van der Waals surface area (Å²) < 4.78 is 35.0. The smallest absolute Gasteiger partial charge is 0.340 e. The molecule has 1 fully saturated rings. The van der Waals surface area contributed by atoms with Crippen molar-refractivity contribution in [2.45, 2.75) is 58.1 Å². The summed E-state index contributed by atoms with van der Waals surface area (Å²) in [6.07, 6.45) is 2.07. The quantitative estimate of drug-likeness (QED) is 0.690. The summed E-state index contributed by atoms with van der Waals surface area (Å²) in [7, 11) is -1.50. The molecule has 2 aromatic rings. The van der Waals surface area contributed by atoms with Crippen molar-refractivity contribution in [1.29, 1.82) is 0 Å². The van der Waals surface area contributed by atoms with Gasteiger partial charge in [-0.2, -0.15) is 0 Å². The van der Waals surface area contributed by atoms with Crippen LogP contribution in [-0.2, 0) is 27.5 Å². The molecule has 0 bridgehead atoms. The lowest BCUT2D eigenvalue weighted by atomic mass is 9.92. The average Bonchev–Trinajstić information content (AvgIpc) is 3.02. The highest BCUT2D eigenvalue weighted by Gasteiger charge is 2.33. The van der Waals surface area contributed by atoms with E-state index < -0.39 is 15.5 Å². The van der Waals surface area contributed by atoms with E-state index in [1.165, 1.54) is 4.90 Å². The van der Waals surface area contributed by atoms with Crippen LogP contribution in [0.1, 0.15) is 43.4 Å². The van der Waals surface area contributed by atoms with E-state index in [4.69, 9.17) is 9.15 Å². The summed E-state index contributed by atoms with van der Waals surface area (Å²) in [5.74, 6) is 0.515. The summed E-state index contributed by atoms with van der Waals surface area (Å²) in [4.78, 5) is 26.9. The molecule has 2 aliphatic rings. The van der Waals surface area contributed by atoms with E-state index in [9.17, 15) is 18.0 Å². The van der Waals surface area contributed by atoms with Crippen LogP contribution in [0.5, 0.6) is 5.75 Å². The Kier molecular flexibility index (Phi) is 4.96. The van der Waals surface area contributed by atoms with Crippen molar-refractivity contribution < 1.29 is 22.4 Å². The van der Waals surface area contributed by atoms with Crippen molar-refractivity contribution in [1.82, 2.24) is 4.90 Å². The molecule has 0 saturated carbocycles. The van der Waals surface area contributed by atoms with E-state index in [1.54, 1.807) is 13.1 Å². The van der Waals surface area contributed by atoms with E-state index in [0.717, 1.165) is 35.1 Å². The maximum absolute atomic E-state index is 12.8. The molecule has 0 N–H and O–H groups in total. The van der Waals surface area contributed by atoms with Crippen molar-refractivity contribution in [3.8, 4) is 5.75 Å². The molecule has 8 heteroatoms. The summed E-state index contributed by atoms with van der Waals surface area (Å²) in [5.41, 5.74) is 1.73. The fourth-order valence-corrected chi connectivity index (χ4v) is 6.07. The number of nitrogens with zero attached hydrogens (tertiary/aromatic N) is 1. The number of likely N-dealkylation sites (N-methyl/N-ethyl adjacent to an activating group) is 1. The molecule has 0 radical (unpaired) electrons. The molecule has 1 aromatic carbocycles. The van der Waals surface area contributed by atoms with Crippen LogP contribution in [0.25, 0.3) is 11.0 Å². The van der Waals surface area contributed by atoms with E-state index in [-0.39, 0.29) is 35.5 Å². The van der Waals surface area contributed by atoms with Crippen LogP contribution in [0.2, 0.25) is 0 Å². The zero-order valence-electron chi connectivity index (χ0n) is 17.8. The number of carbonyl (C=O) groups excluding carboxylic acids is 1. The van der Waals surface area contributed by atoms with Crippen LogP contribution >= 0.6 is 0 Å². The normalized spacial score (nSPS) is 21.8. The Morgan fingerprint density at radius 3 is 2.70 bits per heavy atom. The molecule has 1 saturated heterocycles. The minimum Gasteiger partial charge on any atom is -0.487 e. The maximum atomic E-state index is 12.8. The number of aryl methyl sites for hydroxylation is 2. The number of carbonyl (C=O) groups is 1. The molecule has 7 nitrogen and oxygen atoms in total. The number of amides is 1. The van der Waals surface area contributed by atoms with Crippen molar-refractivity contribution in [3.63, 3.8) is 0 Å². The Morgan fingerprint density at radius 2 is 2.03 bits per heavy atom. The Morgan fingerprint density at radius 1 is 1.30 bits per heavy atom. The van der Waals surface area contributed by atoms with Gasteiger partial charge < -0.3 is 14.1 Å². The molecule has 162 valence electrons. The summed E-state index contributed by atoms with van der Waals surface area (Å²) >= 11 is 0. The van der Waals surface area contributed by atoms with Gasteiger partial charge in [0.25, 0.3) is 0 Å². The van der Waals surface area contributed by atoms with Gasteiger partial charge in [-0.15, -0.1) is 0 Å². The Labute approximate surface area is 175 Å². The largest absolute Gasteiger partial charge is 0.487 e. The second-order valence-electron chi connectivity index (χ2n) is 9.05. The highest BCUT2D eigenvalue weighted by molar-refractivity contribution is 7.91. The molecule has 1 aromatic heterocycles. The van der Waals surface area contributed by atoms with E-state index in [1.807, 2.05) is 26.8 Å². The third-order valence-corrected chi connectivity index (χ3v) is 8.08. The molecule has 2 aliphatic heterocycles. The lowest BCUT2D eigenvalue weighted by Crippen LogP contribution is -2.39. The molecule has 0 unspecified atom stereocenters. The van der Waals surface area contributed by atoms with Gasteiger partial charge in [-0.1, -0.05) is 0 Å². The average molecular weight is 434 g/mol. The highest BCUT2D eigenvalue weighted by atomic mass is 32.2. The molecular weight excluding hydrogens is 406 g/mol. The third kappa shape index (κ3) is 3.85. The predicted molar refractivity (Wildman–Crippen MR) is 114 cm³/mol. The third-order valence-electron chi connectivity index (χ3n) is 6.33. The molecule has 0 aliphatic carbocycles. The second-order valence-corrected chi connectivity index (χ2v) is 11.3. The topological polar surface area (TPSA) is 93.9 Å². The first-order chi connectivity index (χ1) is 14.0. The van der Waals surface area contributed by atoms with Crippen molar-refractivity contribution >= 4 is 26.7 Å². The number of fused-ring (bicyclic) bond motifs is 2. The molecule has 1 atom stereocenters. The minimum atomic E-state index is -3.10. The maximum Gasteiger partial charge on any atom is 0.340 e. The first-order valence-electron chi connectivity index (χ1n) is 10.2. The van der Waals surface area contributed by atoms with Gasteiger partial charge >= 0.3 is 5.63 Å². The molecule has 0 spiro atoms. The van der Waals surface area contributed by atoms with Gasteiger partial charge in [0, 0.05) is 24.5 Å². The zero-order valence-corrected chi connectivity index (χ0v) is 18.6. The lowest BCUT2D eigenvalue weighted by molar-refractivity contribution is -0.130. The number of hydrogen-bond acceptors (Lipinski definition) is 6. The number of sulfone groups is 1. The van der Waals surface area contributed by atoms with E-state index >= 15 is 0 Å².